The number of pyridine rings is 1. The summed E-state index contributed by atoms with van der Waals surface area (Å²) in [6.45, 7) is 3.89. The second-order valence-corrected chi connectivity index (χ2v) is 5.65. The summed E-state index contributed by atoms with van der Waals surface area (Å²) in [6.07, 6.45) is 1.02. The van der Waals surface area contributed by atoms with E-state index < -0.39 is 0 Å². The van der Waals surface area contributed by atoms with Gasteiger partial charge < -0.3 is 10.2 Å². The quantitative estimate of drug-likeness (QED) is 0.825. The van der Waals surface area contributed by atoms with E-state index in [-0.39, 0.29) is 11.9 Å². The third-order valence-electron chi connectivity index (χ3n) is 2.98. The molecule has 1 unspecified atom stereocenters. The van der Waals surface area contributed by atoms with Crippen LogP contribution in [0, 0.1) is 10.5 Å². The highest BCUT2D eigenvalue weighted by atomic mass is 127. The molecular formula is C12H16IN3O. The molecule has 1 aromatic heterocycles. The summed E-state index contributed by atoms with van der Waals surface area (Å²) >= 11 is 2.22. The molecule has 1 fully saturated rings. The van der Waals surface area contributed by atoms with E-state index in [0.717, 1.165) is 28.8 Å². The molecule has 5 heteroatoms. The summed E-state index contributed by atoms with van der Waals surface area (Å²) in [7, 11) is 2.07. The highest BCUT2D eigenvalue weighted by Gasteiger charge is 2.22. The van der Waals surface area contributed by atoms with Crippen LogP contribution in [0.2, 0.25) is 0 Å². The van der Waals surface area contributed by atoms with Crippen LogP contribution in [0.5, 0.6) is 0 Å². The number of carbonyl (C=O) groups excluding carboxylic acids is 1. The van der Waals surface area contributed by atoms with E-state index in [4.69, 9.17) is 0 Å². The molecule has 1 amide bonds. The molecule has 4 nitrogen and oxygen atoms in total. The second-order valence-electron chi connectivity index (χ2n) is 4.49. The molecule has 0 radical (unpaired) electrons. The number of aryl methyl sites for hydroxylation is 1. The number of carbonyl (C=O) groups is 1. The van der Waals surface area contributed by atoms with Gasteiger partial charge >= 0.3 is 0 Å². The molecule has 2 heterocycles. The Kier molecular flexibility index (Phi) is 3.98. The lowest BCUT2D eigenvalue weighted by Crippen LogP contribution is -2.37. The van der Waals surface area contributed by atoms with Gasteiger partial charge in [0, 0.05) is 16.2 Å². The highest BCUT2D eigenvalue weighted by molar-refractivity contribution is 14.1. The Morgan fingerprint density at radius 2 is 2.35 bits per heavy atom. The normalized spacial score (nSPS) is 20.5. The Labute approximate surface area is 115 Å². The van der Waals surface area contributed by atoms with Crippen molar-refractivity contribution in [1.82, 2.24) is 15.2 Å². The van der Waals surface area contributed by atoms with Gasteiger partial charge in [-0.05, 0) is 61.7 Å². The predicted octanol–water partition coefficient (Wildman–Crippen LogP) is 1.43. The van der Waals surface area contributed by atoms with Crippen LogP contribution in [0.3, 0.4) is 0 Å². The smallest absolute Gasteiger partial charge is 0.270 e. The summed E-state index contributed by atoms with van der Waals surface area (Å²) in [4.78, 5) is 18.5. The van der Waals surface area contributed by atoms with Crippen molar-refractivity contribution in [2.45, 2.75) is 19.4 Å². The zero-order valence-corrected chi connectivity index (χ0v) is 12.2. The first-order chi connectivity index (χ1) is 8.06. The van der Waals surface area contributed by atoms with E-state index in [1.54, 1.807) is 6.07 Å². The monoisotopic (exact) mass is 345 g/mol. The van der Waals surface area contributed by atoms with Crippen LogP contribution in [0.1, 0.15) is 22.6 Å². The molecule has 1 saturated heterocycles. The fraction of sp³-hybridized carbons (Fsp3) is 0.500. The Morgan fingerprint density at radius 1 is 1.59 bits per heavy atom. The summed E-state index contributed by atoms with van der Waals surface area (Å²) in [5.74, 6) is -0.0650. The highest BCUT2D eigenvalue weighted by Crippen LogP contribution is 2.11. The molecule has 0 aliphatic carbocycles. The molecule has 17 heavy (non-hydrogen) atoms. The standard InChI is InChI=1S/C12H16IN3O/c1-8-10(13)3-4-11(14-8)12(17)15-9-5-6-16(2)7-9/h3-4,9H,5-7H2,1-2H3,(H,15,17). The van der Waals surface area contributed by atoms with Crippen molar-refractivity contribution in [3.63, 3.8) is 0 Å². The average Bonchev–Trinajstić information content (AvgIpc) is 2.68. The van der Waals surface area contributed by atoms with Crippen molar-refractivity contribution < 1.29 is 4.79 Å². The lowest BCUT2D eigenvalue weighted by atomic mass is 10.2. The molecular weight excluding hydrogens is 329 g/mol. The van der Waals surface area contributed by atoms with Gasteiger partial charge in [0.1, 0.15) is 5.69 Å². The van der Waals surface area contributed by atoms with E-state index >= 15 is 0 Å². The molecule has 0 aromatic carbocycles. The molecule has 1 aliphatic rings. The first-order valence-corrected chi connectivity index (χ1v) is 6.76. The lowest BCUT2D eigenvalue weighted by molar-refractivity contribution is 0.0933. The lowest BCUT2D eigenvalue weighted by Gasteiger charge is -2.12. The van der Waals surface area contributed by atoms with Crippen molar-refractivity contribution in [3.8, 4) is 0 Å². The third kappa shape index (κ3) is 3.16. The number of amides is 1. The molecule has 1 atom stereocenters. The molecule has 0 saturated carbocycles. The van der Waals surface area contributed by atoms with E-state index in [9.17, 15) is 4.79 Å². The van der Waals surface area contributed by atoms with Gasteiger partial charge in [-0.1, -0.05) is 0 Å². The number of halogens is 1. The Hall–Kier alpha value is -0.690. The number of aromatic nitrogens is 1. The minimum absolute atomic E-state index is 0.0650. The Balaban J connectivity index is 2.02. The van der Waals surface area contributed by atoms with Crippen molar-refractivity contribution in [3.05, 3.63) is 27.1 Å². The van der Waals surface area contributed by atoms with E-state index in [1.807, 2.05) is 13.0 Å². The molecule has 1 aromatic rings. The summed E-state index contributed by atoms with van der Waals surface area (Å²) in [5.41, 5.74) is 1.42. The van der Waals surface area contributed by atoms with Gasteiger partial charge in [0.15, 0.2) is 0 Å². The van der Waals surface area contributed by atoms with Crippen LogP contribution < -0.4 is 5.32 Å². The Bertz CT molecular complexity index is 436. The van der Waals surface area contributed by atoms with Gasteiger partial charge in [-0.3, -0.25) is 4.79 Å². The van der Waals surface area contributed by atoms with Crippen molar-refractivity contribution in [1.29, 1.82) is 0 Å². The summed E-state index contributed by atoms with van der Waals surface area (Å²) < 4.78 is 1.08. The van der Waals surface area contributed by atoms with E-state index in [2.05, 4.69) is 44.8 Å². The maximum absolute atomic E-state index is 12.0. The molecule has 0 spiro atoms. The van der Waals surface area contributed by atoms with Gasteiger partial charge in [-0.2, -0.15) is 0 Å². The number of nitrogens with one attached hydrogen (secondary N) is 1. The van der Waals surface area contributed by atoms with Crippen LogP contribution in [-0.2, 0) is 0 Å². The molecule has 0 bridgehead atoms. The van der Waals surface area contributed by atoms with Gasteiger partial charge in [-0.25, -0.2) is 4.98 Å². The molecule has 2 rings (SSSR count). The average molecular weight is 345 g/mol. The third-order valence-corrected chi connectivity index (χ3v) is 4.12. The zero-order chi connectivity index (χ0) is 12.4. The van der Waals surface area contributed by atoms with Crippen LogP contribution in [0.15, 0.2) is 12.1 Å². The van der Waals surface area contributed by atoms with Crippen LogP contribution in [0.25, 0.3) is 0 Å². The van der Waals surface area contributed by atoms with Gasteiger partial charge in [-0.15, -0.1) is 0 Å². The molecule has 1 N–H and O–H groups in total. The van der Waals surface area contributed by atoms with Gasteiger partial charge in [0.25, 0.3) is 5.91 Å². The fourth-order valence-electron chi connectivity index (χ4n) is 1.98. The minimum Gasteiger partial charge on any atom is -0.347 e. The van der Waals surface area contributed by atoms with E-state index in [0.29, 0.717) is 5.69 Å². The zero-order valence-electron chi connectivity index (χ0n) is 10.0. The van der Waals surface area contributed by atoms with Gasteiger partial charge in [0.05, 0.1) is 5.69 Å². The summed E-state index contributed by atoms with van der Waals surface area (Å²) in [5, 5.41) is 3.03. The number of likely N-dealkylation sites (tertiary alicyclic amines) is 1. The number of likely N-dealkylation sites (N-methyl/N-ethyl adjacent to an activating group) is 1. The van der Waals surface area contributed by atoms with Crippen molar-refractivity contribution in [2.24, 2.45) is 0 Å². The first-order valence-electron chi connectivity index (χ1n) is 5.69. The number of hydrogen-bond acceptors (Lipinski definition) is 3. The molecule has 1 aliphatic heterocycles. The molecule has 92 valence electrons. The van der Waals surface area contributed by atoms with Crippen molar-refractivity contribution in [2.75, 3.05) is 20.1 Å². The van der Waals surface area contributed by atoms with Crippen LogP contribution in [-0.4, -0.2) is 42.0 Å². The fourth-order valence-corrected chi connectivity index (χ4v) is 2.28. The Morgan fingerprint density at radius 3 is 2.94 bits per heavy atom. The second kappa shape index (κ2) is 5.30. The maximum Gasteiger partial charge on any atom is 0.270 e. The predicted molar refractivity (Wildman–Crippen MR) is 75.1 cm³/mol. The summed E-state index contributed by atoms with van der Waals surface area (Å²) in [6, 6.07) is 3.97. The minimum atomic E-state index is -0.0650. The van der Waals surface area contributed by atoms with Crippen LogP contribution in [0.4, 0.5) is 0 Å². The topological polar surface area (TPSA) is 45.2 Å². The largest absolute Gasteiger partial charge is 0.347 e. The number of nitrogens with zero attached hydrogens (tertiary/aromatic N) is 2. The van der Waals surface area contributed by atoms with Crippen LogP contribution >= 0.6 is 22.6 Å². The SMILES string of the molecule is Cc1nc(C(=O)NC2CCN(C)C2)ccc1I. The van der Waals surface area contributed by atoms with E-state index in [1.165, 1.54) is 0 Å². The first kappa shape index (κ1) is 12.8. The maximum atomic E-state index is 12.0. The van der Waals surface area contributed by atoms with Gasteiger partial charge in [0.2, 0.25) is 0 Å². The van der Waals surface area contributed by atoms with Crippen molar-refractivity contribution >= 4 is 28.5 Å². The number of hydrogen-bond donors (Lipinski definition) is 1. The number of rotatable bonds is 2.